The Hall–Kier alpha value is 0.01000. The molecule has 1 saturated heterocycles. The first-order valence-electron chi connectivity index (χ1n) is 6.93. The molecule has 1 aliphatic heterocycles. The van der Waals surface area contributed by atoms with Crippen molar-refractivity contribution >= 4 is 35.6 Å². The van der Waals surface area contributed by atoms with E-state index in [0.717, 1.165) is 32.5 Å². The van der Waals surface area contributed by atoms with Gasteiger partial charge in [-0.05, 0) is 49.9 Å². The minimum Gasteiger partial charge on any atom is -0.378 e. The van der Waals surface area contributed by atoms with Crippen molar-refractivity contribution in [2.24, 2.45) is 5.92 Å². The molecule has 20 heavy (non-hydrogen) atoms. The van der Waals surface area contributed by atoms with Gasteiger partial charge in [-0.1, -0.05) is 29.3 Å². The minimum atomic E-state index is 0. The SMILES string of the molecule is CCO[C@H]1C[C@H]2CNC[C@@]2(c2ccc(Cl)c(Cl)c2)C1.Cl. The molecule has 0 spiro atoms. The molecular formula is C15H20Cl3NO. The van der Waals surface area contributed by atoms with Crippen molar-refractivity contribution in [3.05, 3.63) is 33.8 Å². The fourth-order valence-electron chi connectivity index (χ4n) is 3.79. The Morgan fingerprint density at radius 3 is 2.85 bits per heavy atom. The van der Waals surface area contributed by atoms with Crippen LogP contribution in [0.3, 0.4) is 0 Å². The van der Waals surface area contributed by atoms with Crippen LogP contribution in [0.25, 0.3) is 0 Å². The smallest absolute Gasteiger partial charge is 0.0595 e. The van der Waals surface area contributed by atoms with Crippen molar-refractivity contribution in [1.82, 2.24) is 5.32 Å². The van der Waals surface area contributed by atoms with Crippen molar-refractivity contribution in [2.45, 2.75) is 31.3 Å². The van der Waals surface area contributed by atoms with Gasteiger partial charge < -0.3 is 10.1 Å². The second-order valence-corrected chi connectivity index (χ2v) is 6.44. The normalized spacial score (nSPS) is 31.9. The van der Waals surface area contributed by atoms with Crippen LogP contribution in [0.1, 0.15) is 25.3 Å². The van der Waals surface area contributed by atoms with Crippen LogP contribution in [0.5, 0.6) is 0 Å². The Morgan fingerprint density at radius 2 is 2.15 bits per heavy atom. The van der Waals surface area contributed by atoms with Crippen molar-refractivity contribution in [3.63, 3.8) is 0 Å². The lowest BCUT2D eigenvalue weighted by atomic mass is 9.74. The number of halogens is 3. The summed E-state index contributed by atoms with van der Waals surface area (Å²) in [5, 5.41) is 4.81. The number of benzene rings is 1. The van der Waals surface area contributed by atoms with E-state index in [1.807, 2.05) is 12.1 Å². The zero-order chi connectivity index (χ0) is 13.5. The van der Waals surface area contributed by atoms with Crippen LogP contribution >= 0.6 is 35.6 Å². The van der Waals surface area contributed by atoms with Crippen molar-refractivity contribution in [1.29, 1.82) is 0 Å². The maximum absolute atomic E-state index is 6.19. The summed E-state index contributed by atoms with van der Waals surface area (Å²) in [7, 11) is 0. The summed E-state index contributed by atoms with van der Waals surface area (Å²) in [4.78, 5) is 0. The van der Waals surface area contributed by atoms with E-state index in [9.17, 15) is 0 Å². The minimum absolute atomic E-state index is 0. The number of rotatable bonds is 3. The molecule has 0 aromatic heterocycles. The average molecular weight is 337 g/mol. The predicted molar refractivity (Wildman–Crippen MR) is 86.4 cm³/mol. The molecule has 1 aliphatic carbocycles. The maximum atomic E-state index is 6.19. The molecule has 3 atom stereocenters. The topological polar surface area (TPSA) is 21.3 Å². The third-order valence-electron chi connectivity index (χ3n) is 4.65. The third-order valence-corrected chi connectivity index (χ3v) is 5.39. The highest BCUT2D eigenvalue weighted by Gasteiger charge is 2.51. The van der Waals surface area contributed by atoms with Crippen LogP contribution in [0, 0.1) is 5.92 Å². The first-order valence-corrected chi connectivity index (χ1v) is 7.69. The molecule has 0 radical (unpaired) electrons. The van der Waals surface area contributed by atoms with Gasteiger partial charge in [0, 0.05) is 18.6 Å². The number of nitrogens with one attached hydrogen (secondary N) is 1. The molecule has 1 saturated carbocycles. The van der Waals surface area contributed by atoms with Gasteiger partial charge in [-0.3, -0.25) is 0 Å². The molecule has 112 valence electrons. The Kier molecular flexibility index (Phi) is 5.25. The predicted octanol–water partition coefficient (Wildman–Crippen LogP) is 4.07. The summed E-state index contributed by atoms with van der Waals surface area (Å²) in [6, 6.07) is 6.08. The highest BCUT2D eigenvalue weighted by atomic mass is 35.5. The summed E-state index contributed by atoms with van der Waals surface area (Å²) in [6.45, 7) is 4.95. The molecular weight excluding hydrogens is 317 g/mol. The summed E-state index contributed by atoms with van der Waals surface area (Å²) >= 11 is 12.2. The molecule has 2 nitrogen and oxygen atoms in total. The van der Waals surface area contributed by atoms with Crippen molar-refractivity contribution in [2.75, 3.05) is 19.7 Å². The van der Waals surface area contributed by atoms with Gasteiger partial charge in [-0.15, -0.1) is 12.4 Å². The maximum Gasteiger partial charge on any atom is 0.0595 e. The largest absolute Gasteiger partial charge is 0.378 e. The van der Waals surface area contributed by atoms with E-state index in [1.54, 1.807) is 0 Å². The Bertz CT molecular complexity index is 482. The summed E-state index contributed by atoms with van der Waals surface area (Å²) in [6.07, 6.45) is 2.60. The van der Waals surface area contributed by atoms with Gasteiger partial charge in [-0.25, -0.2) is 0 Å². The van der Waals surface area contributed by atoms with Crippen LogP contribution in [-0.4, -0.2) is 25.8 Å². The quantitative estimate of drug-likeness (QED) is 0.898. The average Bonchev–Trinajstić information content (AvgIpc) is 2.90. The molecule has 0 unspecified atom stereocenters. The second-order valence-electron chi connectivity index (χ2n) is 5.63. The molecule has 0 amide bonds. The van der Waals surface area contributed by atoms with Crippen LogP contribution in [0.15, 0.2) is 18.2 Å². The van der Waals surface area contributed by atoms with E-state index in [-0.39, 0.29) is 17.8 Å². The van der Waals surface area contributed by atoms with E-state index >= 15 is 0 Å². The van der Waals surface area contributed by atoms with E-state index in [2.05, 4.69) is 18.3 Å². The van der Waals surface area contributed by atoms with E-state index < -0.39 is 0 Å². The monoisotopic (exact) mass is 335 g/mol. The molecule has 1 aromatic rings. The Morgan fingerprint density at radius 1 is 1.35 bits per heavy atom. The molecule has 2 fully saturated rings. The van der Waals surface area contributed by atoms with E-state index in [1.165, 1.54) is 5.56 Å². The van der Waals surface area contributed by atoms with Gasteiger partial charge >= 0.3 is 0 Å². The highest BCUT2D eigenvalue weighted by molar-refractivity contribution is 6.42. The van der Waals surface area contributed by atoms with Gasteiger partial charge in [0.15, 0.2) is 0 Å². The number of hydrogen-bond donors (Lipinski definition) is 1. The summed E-state index contributed by atoms with van der Waals surface area (Å²) in [5.41, 5.74) is 1.48. The van der Waals surface area contributed by atoms with Crippen LogP contribution in [-0.2, 0) is 10.2 Å². The fraction of sp³-hybridized carbons (Fsp3) is 0.600. The zero-order valence-electron chi connectivity index (χ0n) is 11.5. The molecule has 1 N–H and O–H groups in total. The van der Waals surface area contributed by atoms with Crippen LogP contribution < -0.4 is 5.32 Å². The van der Waals surface area contributed by atoms with Gasteiger partial charge in [-0.2, -0.15) is 0 Å². The second kappa shape index (κ2) is 6.41. The lowest BCUT2D eigenvalue weighted by Gasteiger charge is -2.29. The van der Waals surface area contributed by atoms with Crippen LogP contribution in [0.2, 0.25) is 10.0 Å². The number of fused-ring (bicyclic) bond motifs is 1. The Balaban J connectivity index is 0.00000147. The summed E-state index contributed by atoms with van der Waals surface area (Å²) in [5.74, 6) is 0.640. The molecule has 3 rings (SSSR count). The van der Waals surface area contributed by atoms with Gasteiger partial charge in [0.25, 0.3) is 0 Å². The fourth-order valence-corrected chi connectivity index (χ4v) is 4.09. The molecule has 0 bridgehead atoms. The Labute approximate surface area is 136 Å². The highest BCUT2D eigenvalue weighted by Crippen LogP contribution is 2.49. The first-order chi connectivity index (χ1) is 9.15. The van der Waals surface area contributed by atoms with Crippen molar-refractivity contribution in [3.8, 4) is 0 Å². The van der Waals surface area contributed by atoms with Gasteiger partial charge in [0.05, 0.1) is 16.1 Å². The van der Waals surface area contributed by atoms with Crippen LogP contribution in [0.4, 0.5) is 0 Å². The zero-order valence-corrected chi connectivity index (χ0v) is 13.8. The van der Waals surface area contributed by atoms with E-state index in [4.69, 9.17) is 27.9 Å². The van der Waals surface area contributed by atoms with Gasteiger partial charge in [0.1, 0.15) is 0 Å². The van der Waals surface area contributed by atoms with Crippen molar-refractivity contribution < 1.29 is 4.74 Å². The first kappa shape index (κ1) is 16.4. The molecule has 1 heterocycles. The van der Waals surface area contributed by atoms with E-state index in [0.29, 0.717) is 22.1 Å². The lowest BCUT2D eigenvalue weighted by Crippen LogP contribution is -2.31. The number of ether oxygens (including phenoxy) is 1. The molecule has 2 aliphatic rings. The standard InChI is InChI=1S/C15H19Cl2NO.ClH/c1-2-19-12-5-11-8-18-9-15(11,7-12)10-3-4-13(16)14(17)6-10;/h3-4,6,11-12,18H,2,5,7-9H2,1H3;1H/t11-,12-,15+;/m0./s1. The summed E-state index contributed by atoms with van der Waals surface area (Å²) < 4.78 is 5.85. The third kappa shape index (κ3) is 2.69. The molecule has 5 heteroatoms. The molecule has 1 aromatic carbocycles. The number of hydrogen-bond acceptors (Lipinski definition) is 2. The van der Waals surface area contributed by atoms with Gasteiger partial charge in [0.2, 0.25) is 0 Å². The lowest BCUT2D eigenvalue weighted by molar-refractivity contribution is 0.0613.